The van der Waals surface area contributed by atoms with E-state index < -0.39 is 41.4 Å². The van der Waals surface area contributed by atoms with Crippen LogP contribution in [0.1, 0.15) is 48.7 Å². The minimum absolute atomic E-state index is 0.0504. The fourth-order valence-electron chi connectivity index (χ4n) is 3.15. The van der Waals surface area contributed by atoms with Gasteiger partial charge in [-0.3, -0.25) is 19.0 Å². The number of nitrogens with zero attached hydrogens (tertiary/aromatic N) is 2. The Morgan fingerprint density at radius 3 is 2.52 bits per heavy atom. The number of aromatic nitrogens is 1. The van der Waals surface area contributed by atoms with Gasteiger partial charge in [-0.15, -0.1) is 0 Å². The lowest BCUT2D eigenvalue weighted by molar-refractivity contribution is -0.146. The Morgan fingerprint density at radius 1 is 1.28 bits per heavy atom. The highest BCUT2D eigenvalue weighted by Crippen LogP contribution is 2.29. The van der Waals surface area contributed by atoms with Crippen molar-refractivity contribution in [3.8, 4) is 0 Å². The zero-order chi connectivity index (χ0) is 18.8. The normalized spacial score (nSPS) is 18.2. The number of pyridine rings is 1. The standard InChI is InChI=1S/C16H20F3N3O3/c1-2-10-5-3-4-8-21(10)13(23)9-22-12(16(17,18)19)7-6-11(14(20)24)15(22)25/h6-7,10H,2-5,8-9H2,1H3,(H2,20,24)/t10-/m0/s1. The minimum Gasteiger partial charge on any atom is -0.365 e. The predicted octanol–water partition coefficient (Wildman–Crippen LogP) is 1.76. The van der Waals surface area contributed by atoms with E-state index in [0.29, 0.717) is 23.6 Å². The van der Waals surface area contributed by atoms with Gasteiger partial charge in [0.25, 0.3) is 11.5 Å². The molecule has 1 aliphatic heterocycles. The molecule has 1 fully saturated rings. The van der Waals surface area contributed by atoms with Crippen LogP contribution in [0, 0.1) is 0 Å². The molecule has 0 saturated carbocycles. The molecule has 25 heavy (non-hydrogen) atoms. The zero-order valence-electron chi connectivity index (χ0n) is 13.8. The van der Waals surface area contributed by atoms with Crippen LogP contribution in [0.25, 0.3) is 0 Å². The number of halogens is 3. The van der Waals surface area contributed by atoms with E-state index in [-0.39, 0.29) is 6.04 Å². The molecule has 1 aliphatic rings. The number of carbonyl (C=O) groups excluding carboxylic acids is 2. The average molecular weight is 359 g/mol. The molecule has 9 heteroatoms. The molecule has 0 bridgehead atoms. The first-order valence-corrected chi connectivity index (χ1v) is 8.07. The first-order chi connectivity index (χ1) is 11.7. The van der Waals surface area contributed by atoms with Crippen molar-refractivity contribution >= 4 is 11.8 Å². The monoisotopic (exact) mass is 359 g/mol. The summed E-state index contributed by atoms with van der Waals surface area (Å²) in [5, 5.41) is 0. The highest BCUT2D eigenvalue weighted by molar-refractivity contribution is 5.92. The van der Waals surface area contributed by atoms with Crippen LogP contribution in [0.2, 0.25) is 0 Å². The van der Waals surface area contributed by atoms with Crippen molar-refractivity contribution in [1.82, 2.24) is 9.47 Å². The number of amides is 2. The van der Waals surface area contributed by atoms with Crippen LogP contribution in [-0.2, 0) is 17.5 Å². The molecule has 1 saturated heterocycles. The Labute approximate surface area is 142 Å². The van der Waals surface area contributed by atoms with Gasteiger partial charge < -0.3 is 10.6 Å². The van der Waals surface area contributed by atoms with E-state index in [9.17, 15) is 27.6 Å². The third-order valence-corrected chi connectivity index (χ3v) is 4.44. The molecule has 1 atom stereocenters. The number of primary amides is 1. The molecule has 2 heterocycles. The van der Waals surface area contributed by atoms with E-state index in [4.69, 9.17) is 5.73 Å². The molecule has 0 spiro atoms. The maximum Gasteiger partial charge on any atom is 0.431 e. The molecular formula is C16H20F3N3O3. The Bertz CT molecular complexity index is 728. The molecule has 0 radical (unpaired) electrons. The largest absolute Gasteiger partial charge is 0.431 e. The summed E-state index contributed by atoms with van der Waals surface area (Å²) >= 11 is 0. The quantitative estimate of drug-likeness (QED) is 0.889. The van der Waals surface area contributed by atoms with Crippen LogP contribution in [0.3, 0.4) is 0 Å². The molecule has 6 nitrogen and oxygen atoms in total. The lowest BCUT2D eigenvalue weighted by atomic mass is 10.00. The molecular weight excluding hydrogens is 339 g/mol. The number of nitrogens with two attached hydrogens (primary N) is 1. The Kier molecular flexibility index (Phi) is 5.54. The SMILES string of the molecule is CC[C@H]1CCCCN1C(=O)Cn1c(C(F)(F)F)ccc(C(N)=O)c1=O. The number of carbonyl (C=O) groups is 2. The first kappa shape index (κ1) is 19.0. The maximum absolute atomic E-state index is 13.2. The zero-order valence-corrected chi connectivity index (χ0v) is 13.8. The van der Waals surface area contributed by atoms with Crippen molar-refractivity contribution in [2.75, 3.05) is 6.54 Å². The van der Waals surface area contributed by atoms with Crippen LogP contribution in [0.4, 0.5) is 13.2 Å². The minimum atomic E-state index is -4.83. The summed E-state index contributed by atoms with van der Waals surface area (Å²) in [7, 11) is 0. The summed E-state index contributed by atoms with van der Waals surface area (Å²) in [4.78, 5) is 37.5. The molecule has 2 rings (SSSR count). The molecule has 1 aromatic rings. The summed E-state index contributed by atoms with van der Waals surface area (Å²) in [6.45, 7) is 1.57. The van der Waals surface area contributed by atoms with Crippen molar-refractivity contribution in [2.45, 2.75) is 51.4 Å². The predicted molar refractivity (Wildman–Crippen MR) is 83.9 cm³/mol. The topological polar surface area (TPSA) is 85.4 Å². The van der Waals surface area contributed by atoms with E-state index in [1.165, 1.54) is 4.90 Å². The van der Waals surface area contributed by atoms with Crippen molar-refractivity contribution in [3.05, 3.63) is 33.7 Å². The molecule has 138 valence electrons. The number of likely N-dealkylation sites (tertiary alicyclic amines) is 1. The van der Waals surface area contributed by atoms with E-state index >= 15 is 0 Å². The van der Waals surface area contributed by atoms with Gasteiger partial charge in [0.2, 0.25) is 5.91 Å². The van der Waals surface area contributed by atoms with Gasteiger partial charge in [-0.1, -0.05) is 6.92 Å². The molecule has 2 N–H and O–H groups in total. The van der Waals surface area contributed by atoms with Crippen molar-refractivity contribution in [3.63, 3.8) is 0 Å². The summed E-state index contributed by atoms with van der Waals surface area (Å²) in [5.74, 6) is -1.70. The second-order valence-electron chi connectivity index (χ2n) is 6.03. The molecule has 0 aromatic carbocycles. The van der Waals surface area contributed by atoms with E-state index in [1.54, 1.807) is 0 Å². The average Bonchev–Trinajstić information content (AvgIpc) is 2.54. The van der Waals surface area contributed by atoms with Crippen molar-refractivity contribution < 1.29 is 22.8 Å². The highest BCUT2D eigenvalue weighted by Gasteiger charge is 2.36. The summed E-state index contributed by atoms with van der Waals surface area (Å²) in [5.41, 5.74) is 1.97. The van der Waals surface area contributed by atoms with Crippen LogP contribution in [0.5, 0.6) is 0 Å². The fraction of sp³-hybridized carbons (Fsp3) is 0.562. The summed E-state index contributed by atoms with van der Waals surface area (Å²) < 4.78 is 39.9. The Morgan fingerprint density at radius 2 is 1.96 bits per heavy atom. The molecule has 0 aliphatic carbocycles. The third-order valence-electron chi connectivity index (χ3n) is 4.44. The van der Waals surface area contributed by atoms with Crippen LogP contribution < -0.4 is 11.3 Å². The van der Waals surface area contributed by atoms with Crippen LogP contribution >= 0.6 is 0 Å². The van der Waals surface area contributed by atoms with Gasteiger partial charge in [0.15, 0.2) is 0 Å². The highest BCUT2D eigenvalue weighted by atomic mass is 19.4. The summed E-state index contributed by atoms with van der Waals surface area (Å²) in [6.07, 6.45) is -1.64. The number of piperidine rings is 1. The third kappa shape index (κ3) is 4.02. The molecule has 2 amide bonds. The van der Waals surface area contributed by atoms with E-state index in [0.717, 1.165) is 25.3 Å². The van der Waals surface area contributed by atoms with Crippen molar-refractivity contribution in [1.29, 1.82) is 0 Å². The fourth-order valence-corrected chi connectivity index (χ4v) is 3.15. The molecule has 1 aromatic heterocycles. The van der Waals surface area contributed by atoms with Gasteiger partial charge in [-0.25, -0.2) is 0 Å². The van der Waals surface area contributed by atoms with Crippen LogP contribution in [-0.4, -0.2) is 33.9 Å². The Hall–Kier alpha value is -2.32. The van der Waals surface area contributed by atoms with Gasteiger partial charge in [-0.2, -0.15) is 13.2 Å². The van der Waals surface area contributed by atoms with E-state index in [1.807, 2.05) is 6.92 Å². The second-order valence-corrected chi connectivity index (χ2v) is 6.03. The van der Waals surface area contributed by atoms with E-state index in [2.05, 4.69) is 0 Å². The summed E-state index contributed by atoms with van der Waals surface area (Å²) in [6, 6.07) is 1.29. The van der Waals surface area contributed by atoms with Gasteiger partial charge in [0, 0.05) is 12.6 Å². The smallest absolute Gasteiger partial charge is 0.365 e. The Balaban J connectivity index is 2.42. The van der Waals surface area contributed by atoms with Gasteiger partial charge in [-0.05, 0) is 37.8 Å². The maximum atomic E-state index is 13.2. The number of rotatable bonds is 4. The second kappa shape index (κ2) is 7.28. The lowest BCUT2D eigenvalue weighted by Crippen LogP contribution is -2.46. The van der Waals surface area contributed by atoms with Gasteiger partial charge in [0.1, 0.15) is 17.8 Å². The first-order valence-electron chi connectivity index (χ1n) is 8.07. The lowest BCUT2D eigenvalue weighted by Gasteiger charge is -2.35. The number of hydrogen-bond acceptors (Lipinski definition) is 3. The van der Waals surface area contributed by atoms with Crippen molar-refractivity contribution in [2.24, 2.45) is 5.73 Å². The number of hydrogen-bond donors (Lipinski definition) is 1. The van der Waals surface area contributed by atoms with Gasteiger partial charge in [0.05, 0.1) is 0 Å². The van der Waals surface area contributed by atoms with Gasteiger partial charge >= 0.3 is 6.18 Å². The van der Waals surface area contributed by atoms with Crippen LogP contribution in [0.15, 0.2) is 16.9 Å². The number of alkyl halides is 3. The molecule has 0 unspecified atom stereocenters.